The molecule has 15 heavy (non-hydrogen) atoms. The highest BCUT2D eigenvalue weighted by molar-refractivity contribution is 7.90. The topological polar surface area (TPSA) is 112 Å². The minimum atomic E-state index is -3.72. The van der Waals surface area contributed by atoms with E-state index in [1.54, 1.807) is 0 Å². The van der Waals surface area contributed by atoms with E-state index in [-0.39, 0.29) is 16.1 Å². The lowest BCUT2D eigenvalue weighted by Crippen LogP contribution is -2.20. The van der Waals surface area contributed by atoms with Crippen LogP contribution in [0.4, 0.5) is 5.69 Å². The van der Waals surface area contributed by atoms with Crippen LogP contribution in [0.3, 0.4) is 0 Å². The minimum absolute atomic E-state index is 0.0000926. The fourth-order valence-corrected chi connectivity index (χ4v) is 2.43. The van der Waals surface area contributed by atoms with Gasteiger partial charge in [0.2, 0.25) is 0 Å². The Balaban J connectivity index is 2.71. The van der Waals surface area contributed by atoms with Gasteiger partial charge in [0.1, 0.15) is 4.90 Å². The van der Waals surface area contributed by atoms with Crippen LogP contribution in [0.1, 0.15) is 10.4 Å². The van der Waals surface area contributed by atoms with E-state index in [1.165, 1.54) is 18.2 Å². The number of benzene rings is 1. The zero-order chi connectivity index (χ0) is 11.1. The van der Waals surface area contributed by atoms with Gasteiger partial charge in [-0.25, -0.2) is 13.1 Å². The number of amides is 1. The van der Waals surface area contributed by atoms with Crippen LogP contribution in [0.2, 0.25) is 0 Å². The Morgan fingerprint density at radius 2 is 2.13 bits per heavy atom. The minimum Gasteiger partial charge on any atom is -0.268 e. The first-order chi connectivity index (χ1) is 7.04. The number of sulfonamides is 1. The van der Waals surface area contributed by atoms with Crippen LogP contribution in [-0.4, -0.2) is 14.3 Å². The maximum Gasteiger partial charge on any atom is 0.266 e. The van der Waals surface area contributed by atoms with Crippen molar-refractivity contribution in [1.29, 1.82) is 0 Å². The molecule has 0 saturated carbocycles. The molecule has 1 aliphatic heterocycles. The molecule has 7 nitrogen and oxygen atoms in total. The summed E-state index contributed by atoms with van der Waals surface area (Å²) in [6.45, 7) is 0. The summed E-state index contributed by atoms with van der Waals surface area (Å²) in [6.07, 6.45) is 0. The van der Waals surface area contributed by atoms with Crippen LogP contribution < -0.4 is 4.72 Å². The molecular weight excluding hydrogens is 220 g/mol. The molecule has 1 aromatic rings. The highest BCUT2D eigenvalue weighted by atomic mass is 32.2. The molecule has 0 saturated heterocycles. The van der Waals surface area contributed by atoms with Gasteiger partial charge in [0, 0.05) is 10.6 Å². The molecule has 0 bridgehead atoms. The molecule has 1 N–H and O–H groups in total. The van der Waals surface area contributed by atoms with Crippen LogP contribution in [0.5, 0.6) is 0 Å². The van der Waals surface area contributed by atoms with Crippen LogP contribution in [-0.2, 0) is 10.0 Å². The predicted octanol–water partition coefficient (Wildman–Crippen LogP) is 1.06. The molecule has 1 amide bonds. The number of hydrogen-bond donors (Lipinski definition) is 1. The molecule has 1 aromatic carbocycles. The number of carbonyl (C=O) groups excluding carboxylic acids is 1. The molecule has 2 rings (SSSR count). The van der Waals surface area contributed by atoms with Crippen molar-refractivity contribution in [3.8, 4) is 0 Å². The average molecular weight is 224 g/mol. The SMILES string of the molecule is [N-]=[N+]=Nc1ccc2c(c1)C(=O)NS2(=O)=O. The van der Waals surface area contributed by atoms with E-state index in [0.29, 0.717) is 0 Å². The summed E-state index contributed by atoms with van der Waals surface area (Å²) in [4.78, 5) is 13.7. The van der Waals surface area contributed by atoms with E-state index in [2.05, 4.69) is 10.0 Å². The Morgan fingerprint density at radius 1 is 1.40 bits per heavy atom. The lowest BCUT2D eigenvalue weighted by molar-refractivity contribution is 0.0985. The average Bonchev–Trinajstić information content (AvgIpc) is 2.38. The van der Waals surface area contributed by atoms with Crippen LogP contribution in [0.15, 0.2) is 28.2 Å². The fourth-order valence-electron chi connectivity index (χ4n) is 1.28. The Morgan fingerprint density at radius 3 is 2.80 bits per heavy atom. The molecule has 0 unspecified atom stereocenters. The van der Waals surface area contributed by atoms with Crippen molar-refractivity contribution in [1.82, 2.24) is 4.72 Å². The third-order valence-electron chi connectivity index (χ3n) is 1.88. The van der Waals surface area contributed by atoms with Crippen LogP contribution in [0, 0.1) is 0 Å². The van der Waals surface area contributed by atoms with E-state index in [9.17, 15) is 13.2 Å². The van der Waals surface area contributed by atoms with Gasteiger partial charge in [0.15, 0.2) is 0 Å². The molecule has 0 aliphatic carbocycles. The second-order valence-corrected chi connectivity index (χ2v) is 4.46. The van der Waals surface area contributed by atoms with Gasteiger partial charge in [0.05, 0.1) is 5.56 Å². The van der Waals surface area contributed by atoms with Gasteiger partial charge in [-0.2, -0.15) is 0 Å². The molecule has 0 atom stereocenters. The molecule has 1 heterocycles. The number of carbonyl (C=O) groups is 1. The first-order valence-electron chi connectivity index (χ1n) is 3.81. The fraction of sp³-hybridized carbons (Fsp3) is 0. The number of rotatable bonds is 1. The molecule has 0 spiro atoms. The Hall–Kier alpha value is -2.05. The maximum absolute atomic E-state index is 11.3. The lowest BCUT2D eigenvalue weighted by atomic mass is 10.2. The molecule has 0 fully saturated rings. The molecule has 0 radical (unpaired) electrons. The van der Waals surface area contributed by atoms with Gasteiger partial charge in [-0.3, -0.25) is 4.79 Å². The van der Waals surface area contributed by atoms with Gasteiger partial charge in [0.25, 0.3) is 15.9 Å². The Labute approximate surface area is 84.4 Å². The lowest BCUT2D eigenvalue weighted by Gasteiger charge is -1.95. The highest BCUT2D eigenvalue weighted by Crippen LogP contribution is 2.26. The predicted molar refractivity (Wildman–Crippen MR) is 49.9 cm³/mol. The highest BCUT2D eigenvalue weighted by Gasteiger charge is 2.32. The summed E-state index contributed by atoms with van der Waals surface area (Å²) in [7, 11) is -3.72. The number of fused-ring (bicyclic) bond motifs is 1. The van der Waals surface area contributed by atoms with Crippen LogP contribution in [0.25, 0.3) is 10.4 Å². The zero-order valence-corrected chi connectivity index (χ0v) is 8.02. The van der Waals surface area contributed by atoms with Crippen molar-refractivity contribution in [3.63, 3.8) is 0 Å². The van der Waals surface area contributed by atoms with Crippen molar-refractivity contribution in [2.24, 2.45) is 5.11 Å². The quantitative estimate of drug-likeness (QED) is 0.437. The monoisotopic (exact) mass is 224 g/mol. The first kappa shape index (κ1) is 9.50. The number of hydrogen-bond acceptors (Lipinski definition) is 4. The Bertz CT molecular complexity index is 601. The molecule has 1 aliphatic rings. The largest absolute Gasteiger partial charge is 0.268 e. The van der Waals surface area contributed by atoms with Gasteiger partial charge in [-0.05, 0) is 17.7 Å². The third-order valence-corrected chi connectivity index (χ3v) is 3.27. The van der Waals surface area contributed by atoms with E-state index in [1.807, 2.05) is 4.72 Å². The van der Waals surface area contributed by atoms with Gasteiger partial charge >= 0.3 is 0 Å². The summed E-state index contributed by atoms with van der Waals surface area (Å²) >= 11 is 0. The molecular formula is C7H4N4O3S. The standard InChI is InChI=1S/C7H4N4O3S/c8-11-9-4-1-2-6-5(3-4)7(12)10-15(6,13)14/h1-3H,(H,10,12). The van der Waals surface area contributed by atoms with Gasteiger partial charge in [-0.1, -0.05) is 11.2 Å². The van der Waals surface area contributed by atoms with Gasteiger partial charge in [-0.15, -0.1) is 0 Å². The number of azide groups is 1. The van der Waals surface area contributed by atoms with Crippen molar-refractivity contribution in [2.75, 3.05) is 0 Å². The van der Waals surface area contributed by atoms with E-state index < -0.39 is 15.9 Å². The normalized spacial score (nSPS) is 16.4. The first-order valence-corrected chi connectivity index (χ1v) is 5.29. The summed E-state index contributed by atoms with van der Waals surface area (Å²) in [6, 6.07) is 3.79. The van der Waals surface area contributed by atoms with Crippen molar-refractivity contribution in [3.05, 3.63) is 34.2 Å². The van der Waals surface area contributed by atoms with Crippen molar-refractivity contribution < 1.29 is 13.2 Å². The zero-order valence-electron chi connectivity index (χ0n) is 7.21. The summed E-state index contributed by atoms with van der Waals surface area (Å²) in [5, 5.41) is 3.27. The van der Waals surface area contributed by atoms with E-state index >= 15 is 0 Å². The number of nitrogens with zero attached hydrogens (tertiary/aromatic N) is 3. The molecule has 76 valence electrons. The summed E-state index contributed by atoms with van der Waals surface area (Å²) in [5.41, 5.74) is 8.37. The van der Waals surface area contributed by atoms with Crippen LogP contribution >= 0.6 is 0 Å². The third kappa shape index (κ3) is 1.41. The van der Waals surface area contributed by atoms with Crippen molar-refractivity contribution in [2.45, 2.75) is 4.90 Å². The second-order valence-electron chi connectivity index (χ2n) is 2.80. The van der Waals surface area contributed by atoms with Crippen molar-refractivity contribution >= 4 is 21.6 Å². The maximum atomic E-state index is 11.3. The summed E-state index contributed by atoms with van der Waals surface area (Å²) < 4.78 is 24.4. The number of nitrogens with one attached hydrogen (secondary N) is 1. The molecule has 8 heteroatoms. The Kier molecular flexibility index (Phi) is 1.88. The smallest absolute Gasteiger partial charge is 0.266 e. The van der Waals surface area contributed by atoms with E-state index in [4.69, 9.17) is 5.53 Å². The van der Waals surface area contributed by atoms with E-state index in [0.717, 1.165) is 0 Å². The summed E-state index contributed by atoms with van der Waals surface area (Å²) in [5.74, 6) is -0.708. The van der Waals surface area contributed by atoms with Gasteiger partial charge < -0.3 is 0 Å². The second kappa shape index (κ2) is 2.97. The molecule has 0 aromatic heterocycles.